The fraction of sp³-hybridized carbons (Fsp3) is 0.190. The number of anilines is 1. The minimum atomic E-state index is -3.69. The molecule has 3 N–H and O–H groups in total. The monoisotopic (exact) mass is 414 g/mol. The molecule has 3 aromatic carbocycles. The predicted molar refractivity (Wildman–Crippen MR) is 112 cm³/mol. The molecule has 7 nitrogen and oxygen atoms in total. The molecule has 0 radical (unpaired) electrons. The minimum Gasteiger partial charge on any atom is -0.507 e. The Morgan fingerprint density at radius 3 is 2.52 bits per heavy atom. The van der Waals surface area contributed by atoms with Crippen LogP contribution in [0.1, 0.15) is 16.8 Å². The van der Waals surface area contributed by atoms with Crippen molar-refractivity contribution in [2.45, 2.75) is 11.3 Å². The van der Waals surface area contributed by atoms with Crippen molar-refractivity contribution in [2.75, 3.05) is 25.6 Å². The number of nitrogens with one attached hydrogen (secondary N) is 2. The third kappa shape index (κ3) is 5.11. The first-order valence-corrected chi connectivity index (χ1v) is 10.5. The van der Waals surface area contributed by atoms with Crippen molar-refractivity contribution >= 4 is 32.4 Å². The van der Waals surface area contributed by atoms with Crippen molar-refractivity contribution in [1.82, 2.24) is 4.72 Å². The number of amides is 1. The number of methoxy groups -OCH3 is 1. The van der Waals surface area contributed by atoms with E-state index in [1.807, 2.05) is 6.07 Å². The van der Waals surface area contributed by atoms with E-state index in [1.165, 1.54) is 24.3 Å². The van der Waals surface area contributed by atoms with E-state index >= 15 is 0 Å². The van der Waals surface area contributed by atoms with Gasteiger partial charge in [-0.2, -0.15) is 0 Å². The topological polar surface area (TPSA) is 105 Å². The lowest BCUT2D eigenvalue weighted by Crippen LogP contribution is -2.25. The highest BCUT2D eigenvalue weighted by Gasteiger charge is 2.17. The predicted octanol–water partition coefficient (Wildman–Crippen LogP) is 3.11. The van der Waals surface area contributed by atoms with Crippen LogP contribution in [0.2, 0.25) is 0 Å². The van der Waals surface area contributed by atoms with Crippen LogP contribution in [0, 0.1) is 0 Å². The Morgan fingerprint density at radius 2 is 1.79 bits per heavy atom. The number of sulfonamides is 1. The summed E-state index contributed by atoms with van der Waals surface area (Å²) < 4.78 is 32.4. The minimum absolute atomic E-state index is 0.0592. The second kappa shape index (κ2) is 9.04. The van der Waals surface area contributed by atoms with Crippen LogP contribution in [0.15, 0.2) is 65.6 Å². The second-order valence-electron chi connectivity index (χ2n) is 6.44. The number of phenols is 1. The Bertz CT molecular complexity index is 1110. The molecule has 0 aromatic heterocycles. The van der Waals surface area contributed by atoms with Crippen LogP contribution in [0.5, 0.6) is 5.75 Å². The van der Waals surface area contributed by atoms with Gasteiger partial charge in [0.1, 0.15) is 5.75 Å². The fourth-order valence-corrected chi connectivity index (χ4v) is 3.95. The first kappa shape index (κ1) is 20.8. The molecule has 0 atom stereocenters. The number of hydrogen-bond donors (Lipinski definition) is 3. The average Bonchev–Trinajstić information content (AvgIpc) is 2.71. The molecular weight excluding hydrogens is 392 g/mol. The number of carbonyl (C=O) groups is 1. The molecule has 0 heterocycles. The highest BCUT2D eigenvalue weighted by Crippen LogP contribution is 2.28. The second-order valence-corrected chi connectivity index (χ2v) is 8.21. The molecule has 0 fully saturated rings. The first-order valence-electron chi connectivity index (χ1n) is 9.02. The van der Waals surface area contributed by atoms with E-state index in [2.05, 4.69) is 10.0 Å². The Hall–Kier alpha value is -2.94. The van der Waals surface area contributed by atoms with Crippen molar-refractivity contribution in [1.29, 1.82) is 0 Å². The smallest absolute Gasteiger partial charge is 0.259 e. The zero-order chi connectivity index (χ0) is 20.9. The van der Waals surface area contributed by atoms with Crippen LogP contribution in [0.3, 0.4) is 0 Å². The van der Waals surface area contributed by atoms with Gasteiger partial charge in [-0.15, -0.1) is 0 Å². The Kier molecular flexibility index (Phi) is 6.48. The van der Waals surface area contributed by atoms with E-state index in [4.69, 9.17) is 4.74 Å². The van der Waals surface area contributed by atoms with Gasteiger partial charge in [0.25, 0.3) is 5.91 Å². The van der Waals surface area contributed by atoms with E-state index in [9.17, 15) is 18.3 Å². The van der Waals surface area contributed by atoms with Crippen LogP contribution in [-0.4, -0.2) is 39.7 Å². The van der Waals surface area contributed by atoms with Gasteiger partial charge < -0.3 is 15.2 Å². The summed E-state index contributed by atoms with van der Waals surface area (Å²) in [6, 6.07) is 16.3. The molecular formula is C21H22N2O5S. The fourth-order valence-electron chi connectivity index (χ4n) is 2.84. The number of benzene rings is 3. The summed E-state index contributed by atoms with van der Waals surface area (Å²) in [4.78, 5) is 12.6. The van der Waals surface area contributed by atoms with Crippen LogP contribution < -0.4 is 10.0 Å². The third-order valence-electron chi connectivity index (χ3n) is 4.33. The van der Waals surface area contributed by atoms with Crippen molar-refractivity contribution in [3.63, 3.8) is 0 Å². The van der Waals surface area contributed by atoms with Gasteiger partial charge in [-0.3, -0.25) is 4.79 Å². The molecule has 0 saturated carbocycles. The Labute approximate surface area is 169 Å². The van der Waals surface area contributed by atoms with Crippen LogP contribution >= 0.6 is 0 Å². The quantitative estimate of drug-likeness (QED) is 0.491. The first-order chi connectivity index (χ1) is 13.9. The van der Waals surface area contributed by atoms with E-state index in [-0.39, 0.29) is 22.8 Å². The summed E-state index contributed by atoms with van der Waals surface area (Å²) in [6.45, 7) is 0.716. The van der Waals surface area contributed by atoms with Crippen molar-refractivity contribution in [3.8, 4) is 5.75 Å². The van der Waals surface area contributed by atoms with Crippen molar-refractivity contribution < 1.29 is 23.1 Å². The molecule has 0 aliphatic heterocycles. The zero-order valence-corrected chi connectivity index (χ0v) is 16.7. The lowest BCUT2D eigenvalue weighted by molar-refractivity contribution is 0.102. The number of hydrogen-bond acceptors (Lipinski definition) is 5. The maximum atomic E-state index is 12.5. The standard InChI is InChI=1S/C21H22N2O5S/c1-28-11-5-10-22-29(26,27)18-9-8-15-14-20(24)19(13-16(15)12-18)21(25)23-17-6-3-2-4-7-17/h2-4,6-9,12-14,22,24H,5,10-11H2,1H3,(H,23,25). The lowest BCUT2D eigenvalue weighted by atomic mass is 10.1. The van der Waals surface area contributed by atoms with Gasteiger partial charge in [0, 0.05) is 25.9 Å². The summed E-state index contributed by atoms with van der Waals surface area (Å²) in [5.41, 5.74) is 0.650. The largest absolute Gasteiger partial charge is 0.507 e. The van der Waals surface area contributed by atoms with Crippen LogP contribution in [0.25, 0.3) is 10.8 Å². The van der Waals surface area contributed by atoms with E-state index in [0.29, 0.717) is 29.5 Å². The van der Waals surface area contributed by atoms with Gasteiger partial charge in [-0.1, -0.05) is 24.3 Å². The number of ether oxygens (including phenoxy) is 1. The molecule has 8 heteroatoms. The summed E-state index contributed by atoms with van der Waals surface area (Å²) in [5, 5.41) is 14.1. The third-order valence-corrected chi connectivity index (χ3v) is 5.79. The summed E-state index contributed by atoms with van der Waals surface area (Å²) in [5.74, 6) is -0.666. The normalized spacial score (nSPS) is 11.5. The highest BCUT2D eigenvalue weighted by atomic mass is 32.2. The number of fused-ring (bicyclic) bond motifs is 1. The summed E-state index contributed by atoms with van der Waals surface area (Å²) >= 11 is 0. The van der Waals surface area contributed by atoms with E-state index in [0.717, 1.165) is 0 Å². The summed E-state index contributed by atoms with van der Waals surface area (Å²) in [7, 11) is -2.14. The molecule has 29 heavy (non-hydrogen) atoms. The number of aromatic hydroxyl groups is 1. The molecule has 1 amide bonds. The highest BCUT2D eigenvalue weighted by molar-refractivity contribution is 7.89. The molecule has 0 bridgehead atoms. The number of para-hydroxylation sites is 1. The zero-order valence-electron chi connectivity index (χ0n) is 15.9. The maximum Gasteiger partial charge on any atom is 0.259 e. The number of rotatable bonds is 8. The lowest BCUT2D eigenvalue weighted by Gasteiger charge is -2.10. The molecule has 0 unspecified atom stereocenters. The molecule has 0 saturated heterocycles. The molecule has 3 rings (SSSR count). The average molecular weight is 414 g/mol. The Balaban J connectivity index is 1.88. The molecule has 0 aliphatic carbocycles. The molecule has 0 aliphatic rings. The van der Waals surface area contributed by atoms with Gasteiger partial charge in [0.2, 0.25) is 10.0 Å². The number of phenolic OH excluding ortho intramolecular Hbond substituents is 1. The van der Waals surface area contributed by atoms with E-state index in [1.54, 1.807) is 37.4 Å². The molecule has 3 aromatic rings. The van der Waals surface area contributed by atoms with E-state index < -0.39 is 15.9 Å². The molecule has 0 spiro atoms. The maximum absolute atomic E-state index is 12.5. The van der Waals surface area contributed by atoms with Gasteiger partial charge >= 0.3 is 0 Å². The van der Waals surface area contributed by atoms with Crippen molar-refractivity contribution in [3.05, 3.63) is 66.2 Å². The number of carbonyl (C=O) groups excluding carboxylic acids is 1. The molecule has 152 valence electrons. The van der Waals surface area contributed by atoms with Crippen molar-refractivity contribution in [2.24, 2.45) is 0 Å². The van der Waals surface area contributed by atoms with Crippen LogP contribution in [-0.2, 0) is 14.8 Å². The SMILES string of the molecule is COCCCNS(=O)(=O)c1ccc2cc(O)c(C(=O)Nc3ccccc3)cc2c1. The summed E-state index contributed by atoms with van der Waals surface area (Å²) in [6.07, 6.45) is 0.557. The van der Waals surface area contributed by atoms with Gasteiger partial charge in [0.05, 0.1) is 10.5 Å². The van der Waals surface area contributed by atoms with Gasteiger partial charge in [0.15, 0.2) is 0 Å². The van der Waals surface area contributed by atoms with Crippen LogP contribution in [0.4, 0.5) is 5.69 Å². The van der Waals surface area contributed by atoms with Gasteiger partial charge in [-0.05, 0) is 53.6 Å². The Morgan fingerprint density at radius 1 is 1.03 bits per heavy atom. The van der Waals surface area contributed by atoms with Gasteiger partial charge in [-0.25, -0.2) is 13.1 Å².